The van der Waals surface area contributed by atoms with Crippen LogP contribution in [0.4, 0.5) is 0 Å². The maximum absolute atomic E-state index is 14.0. The summed E-state index contributed by atoms with van der Waals surface area (Å²) in [4.78, 5) is 14.0. The lowest BCUT2D eigenvalue weighted by Crippen LogP contribution is -2.20. The van der Waals surface area contributed by atoms with E-state index in [1.807, 2.05) is 36.4 Å². The molecule has 0 aromatic heterocycles. The van der Waals surface area contributed by atoms with Gasteiger partial charge in [0.15, 0.2) is 28.8 Å². The van der Waals surface area contributed by atoms with Crippen molar-refractivity contribution in [1.82, 2.24) is 0 Å². The van der Waals surface area contributed by atoms with Crippen molar-refractivity contribution in [2.45, 2.75) is 157 Å². The Balaban J connectivity index is 2.63. The summed E-state index contributed by atoms with van der Waals surface area (Å²) in [6, 6.07) is 9.49. The fraction of sp³-hybridized carbons (Fsp3) is 0.625. The fourth-order valence-electron chi connectivity index (χ4n) is 5.63. The van der Waals surface area contributed by atoms with Crippen molar-refractivity contribution >= 4 is 11.9 Å². The van der Waals surface area contributed by atoms with Gasteiger partial charge in [-0.05, 0) is 81.7 Å². The first-order chi connectivity index (χ1) is 22.3. The van der Waals surface area contributed by atoms with Crippen molar-refractivity contribution in [3.63, 3.8) is 0 Å². The minimum Gasteiger partial charge on any atom is -0.493 e. The van der Waals surface area contributed by atoms with E-state index >= 15 is 0 Å². The monoisotopic (exact) mass is 638 g/mol. The average Bonchev–Trinajstić information content (AvgIpc) is 3.07. The van der Waals surface area contributed by atoms with E-state index in [4.69, 9.17) is 23.7 Å². The first-order valence-electron chi connectivity index (χ1n) is 18.1. The molecule has 6 heteroatoms. The van der Waals surface area contributed by atoms with Gasteiger partial charge in [0.2, 0.25) is 0 Å². The molecule has 0 radical (unpaired) electrons. The summed E-state index contributed by atoms with van der Waals surface area (Å²) in [7, 11) is 1.65. The zero-order chi connectivity index (χ0) is 33.9. The van der Waals surface area contributed by atoms with Crippen LogP contribution in [0.25, 0.3) is 6.08 Å². The average molecular weight is 639 g/mol. The molecule has 0 aliphatic rings. The molecule has 4 unspecified atom stereocenters. The molecule has 2 aromatic rings. The van der Waals surface area contributed by atoms with Crippen molar-refractivity contribution in [1.29, 1.82) is 0 Å². The first-order valence-corrected chi connectivity index (χ1v) is 18.1. The van der Waals surface area contributed by atoms with Gasteiger partial charge in [-0.1, -0.05) is 87.1 Å². The Morgan fingerprint density at radius 2 is 1.13 bits per heavy atom. The van der Waals surface area contributed by atoms with E-state index in [9.17, 15) is 4.79 Å². The minimum atomic E-state index is -0.162. The molecular formula is C40H62O6. The molecule has 46 heavy (non-hydrogen) atoms. The Bertz CT molecular complexity index is 1190. The highest BCUT2D eigenvalue weighted by molar-refractivity contribution is 6.09. The molecule has 4 atom stereocenters. The Morgan fingerprint density at radius 3 is 1.63 bits per heavy atom. The molecule has 0 bridgehead atoms. The lowest BCUT2D eigenvalue weighted by molar-refractivity contribution is 0.103. The summed E-state index contributed by atoms with van der Waals surface area (Å²) < 4.78 is 31.8. The van der Waals surface area contributed by atoms with Crippen molar-refractivity contribution in [3.8, 4) is 28.7 Å². The number of methoxy groups -OCH3 is 1. The molecular weight excluding hydrogens is 576 g/mol. The van der Waals surface area contributed by atoms with Crippen molar-refractivity contribution in [3.05, 3.63) is 47.5 Å². The van der Waals surface area contributed by atoms with E-state index in [-0.39, 0.29) is 30.2 Å². The van der Waals surface area contributed by atoms with E-state index in [0.29, 0.717) is 34.3 Å². The smallest absolute Gasteiger partial charge is 0.189 e. The highest BCUT2D eigenvalue weighted by atomic mass is 16.5. The maximum Gasteiger partial charge on any atom is 0.189 e. The third-order valence-electron chi connectivity index (χ3n) is 8.37. The predicted octanol–water partition coefficient (Wildman–Crippen LogP) is 11.4. The summed E-state index contributed by atoms with van der Waals surface area (Å²) in [5.74, 6) is 2.91. The Morgan fingerprint density at radius 1 is 0.630 bits per heavy atom. The molecule has 0 N–H and O–H groups in total. The maximum atomic E-state index is 14.0. The number of carbonyl (C=O) groups excluding carboxylic acids is 1. The van der Waals surface area contributed by atoms with Crippen molar-refractivity contribution in [2.75, 3.05) is 7.11 Å². The molecule has 0 saturated carbocycles. The third-order valence-corrected chi connectivity index (χ3v) is 8.37. The van der Waals surface area contributed by atoms with Crippen molar-refractivity contribution in [2.24, 2.45) is 0 Å². The molecule has 0 aliphatic carbocycles. The molecule has 0 spiro atoms. The highest BCUT2D eigenvalue weighted by Crippen LogP contribution is 2.40. The number of hydrogen-bond donors (Lipinski definition) is 0. The van der Waals surface area contributed by atoms with Crippen LogP contribution in [-0.4, -0.2) is 37.3 Å². The van der Waals surface area contributed by atoms with Gasteiger partial charge in [0.05, 0.1) is 37.1 Å². The molecule has 258 valence electrons. The molecule has 0 fully saturated rings. The van der Waals surface area contributed by atoms with Gasteiger partial charge in [-0.25, -0.2) is 0 Å². The Kier molecular flexibility index (Phi) is 18.3. The van der Waals surface area contributed by atoms with Crippen LogP contribution in [0.15, 0.2) is 36.4 Å². The number of benzene rings is 2. The summed E-state index contributed by atoms with van der Waals surface area (Å²) in [6.07, 6.45) is 14.9. The Labute approximate surface area is 280 Å². The lowest BCUT2D eigenvalue weighted by atomic mass is 10.0. The first kappa shape index (κ1) is 39.0. The molecule has 0 amide bonds. The quantitative estimate of drug-likeness (QED) is 0.0842. The standard InChI is InChI=1S/C40H62O6/c1-10-19-30(14-5)43-34-27-29(39(38(28-34)42-9)45-32(16-7)21-12-3)25-26-36(41)35-23-18-24-37(44-31(15-6)20-11-2)40(35)46-33(17-8)22-13-4/h18,23-28,30-33H,10-17,19-22H2,1-9H3. The predicted molar refractivity (Wildman–Crippen MR) is 191 cm³/mol. The summed E-state index contributed by atoms with van der Waals surface area (Å²) >= 11 is 0. The van der Waals surface area contributed by atoms with E-state index < -0.39 is 0 Å². The number of allylic oxidation sites excluding steroid dienone is 1. The molecule has 0 heterocycles. The zero-order valence-corrected chi connectivity index (χ0v) is 30.3. The van der Waals surface area contributed by atoms with Crippen LogP contribution in [0.3, 0.4) is 0 Å². The number of ketones is 1. The van der Waals surface area contributed by atoms with Crippen LogP contribution < -0.4 is 23.7 Å². The topological polar surface area (TPSA) is 63.2 Å². The minimum absolute atomic E-state index is 0.00574. The lowest BCUT2D eigenvalue weighted by Gasteiger charge is -2.24. The normalized spacial score (nSPS) is 14.0. The third kappa shape index (κ3) is 11.9. The molecule has 2 rings (SSSR count). The zero-order valence-electron chi connectivity index (χ0n) is 30.3. The second-order valence-electron chi connectivity index (χ2n) is 12.1. The summed E-state index contributed by atoms with van der Waals surface area (Å²) in [5.41, 5.74) is 1.23. The number of carbonyl (C=O) groups is 1. The van der Waals surface area contributed by atoms with Gasteiger partial charge in [-0.2, -0.15) is 0 Å². The van der Waals surface area contributed by atoms with E-state index in [0.717, 1.165) is 82.6 Å². The Hall–Kier alpha value is -3.15. The van der Waals surface area contributed by atoms with Crippen LogP contribution in [0.2, 0.25) is 0 Å². The van der Waals surface area contributed by atoms with E-state index in [2.05, 4.69) is 55.4 Å². The largest absolute Gasteiger partial charge is 0.493 e. The van der Waals surface area contributed by atoms with Gasteiger partial charge in [-0.15, -0.1) is 0 Å². The molecule has 2 aromatic carbocycles. The van der Waals surface area contributed by atoms with Gasteiger partial charge in [0.1, 0.15) is 5.75 Å². The second kappa shape index (κ2) is 21.6. The van der Waals surface area contributed by atoms with Gasteiger partial charge >= 0.3 is 0 Å². The van der Waals surface area contributed by atoms with Crippen LogP contribution in [0.1, 0.15) is 148 Å². The van der Waals surface area contributed by atoms with E-state index in [1.165, 1.54) is 0 Å². The number of rotatable bonds is 24. The van der Waals surface area contributed by atoms with Crippen LogP contribution >= 0.6 is 0 Å². The van der Waals surface area contributed by atoms with Gasteiger partial charge in [0.25, 0.3) is 0 Å². The van der Waals surface area contributed by atoms with Gasteiger partial charge in [0, 0.05) is 11.6 Å². The van der Waals surface area contributed by atoms with Crippen LogP contribution in [0.5, 0.6) is 28.7 Å². The number of para-hydroxylation sites is 1. The van der Waals surface area contributed by atoms with E-state index in [1.54, 1.807) is 13.2 Å². The number of hydrogen-bond acceptors (Lipinski definition) is 6. The van der Waals surface area contributed by atoms with Crippen LogP contribution in [-0.2, 0) is 0 Å². The number of ether oxygens (including phenoxy) is 5. The SMILES string of the molecule is CCCC(CC)Oc1cc(C=CC(=O)c2cccc(OC(CC)CCC)c2OC(CC)CCC)c(OC(CC)CCC)c(OC)c1. The molecule has 6 nitrogen and oxygen atoms in total. The second-order valence-corrected chi connectivity index (χ2v) is 12.1. The summed E-state index contributed by atoms with van der Waals surface area (Å²) in [6.45, 7) is 17.1. The van der Waals surface area contributed by atoms with Crippen molar-refractivity contribution < 1.29 is 28.5 Å². The summed E-state index contributed by atoms with van der Waals surface area (Å²) in [5, 5.41) is 0. The molecule has 0 aliphatic heterocycles. The molecule has 0 saturated heterocycles. The van der Waals surface area contributed by atoms with Crippen LogP contribution in [0, 0.1) is 0 Å². The van der Waals surface area contributed by atoms with Gasteiger partial charge < -0.3 is 23.7 Å². The fourth-order valence-corrected chi connectivity index (χ4v) is 5.63. The van der Waals surface area contributed by atoms with Gasteiger partial charge in [-0.3, -0.25) is 4.79 Å². The highest BCUT2D eigenvalue weighted by Gasteiger charge is 2.23.